The van der Waals surface area contributed by atoms with Crippen LogP contribution >= 0.6 is 11.6 Å². The smallest absolute Gasteiger partial charge is 0.272 e. The van der Waals surface area contributed by atoms with Crippen LogP contribution in [0.25, 0.3) is 0 Å². The van der Waals surface area contributed by atoms with Crippen LogP contribution in [0.3, 0.4) is 0 Å². The van der Waals surface area contributed by atoms with Crippen molar-refractivity contribution in [1.29, 1.82) is 0 Å². The van der Waals surface area contributed by atoms with Crippen LogP contribution < -0.4 is 10.6 Å². The Bertz CT molecular complexity index is 852. The van der Waals surface area contributed by atoms with Crippen LogP contribution in [0.4, 0.5) is 5.82 Å². The second-order valence-corrected chi connectivity index (χ2v) is 6.57. The molecular formula is C21H21ClN4O. The van der Waals surface area contributed by atoms with Crippen LogP contribution in [0.15, 0.2) is 66.7 Å². The minimum Gasteiger partial charge on any atom is -0.369 e. The maximum Gasteiger partial charge on any atom is 0.272 e. The highest BCUT2D eigenvalue weighted by atomic mass is 35.5. The number of benzene rings is 2. The number of anilines is 1. The Labute approximate surface area is 163 Å². The molecule has 0 fully saturated rings. The van der Waals surface area contributed by atoms with Crippen molar-refractivity contribution in [2.75, 3.05) is 11.9 Å². The van der Waals surface area contributed by atoms with E-state index in [4.69, 9.17) is 11.6 Å². The summed E-state index contributed by atoms with van der Waals surface area (Å²) in [6.45, 7) is 1.21. The molecule has 2 aromatic carbocycles. The molecule has 3 aromatic rings. The maximum absolute atomic E-state index is 12.2. The zero-order valence-corrected chi connectivity index (χ0v) is 15.6. The highest BCUT2D eigenvalue weighted by Gasteiger charge is 2.08. The highest BCUT2D eigenvalue weighted by molar-refractivity contribution is 6.30. The molecule has 6 heteroatoms. The predicted molar refractivity (Wildman–Crippen MR) is 108 cm³/mol. The van der Waals surface area contributed by atoms with Crippen LogP contribution in [0.1, 0.15) is 28.0 Å². The van der Waals surface area contributed by atoms with Crippen molar-refractivity contribution < 1.29 is 4.79 Å². The van der Waals surface area contributed by atoms with Gasteiger partial charge in [0.05, 0.1) is 0 Å². The van der Waals surface area contributed by atoms with Gasteiger partial charge >= 0.3 is 0 Å². The van der Waals surface area contributed by atoms with Crippen LogP contribution in [0.5, 0.6) is 0 Å². The lowest BCUT2D eigenvalue weighted by molar-refractivity contribution is 0.0945. The molecule has 1 aromatic heterocycles. The van der Waals surface area contributed by atoms with Crippen molar-refractivity contribution >= 4 is 23.3 Å². The van der Waals surface area contributed by atoms with Gasteiger partial charge in [0.2, 0.25) is 0 Å². The first-order valence-electron chi connectivity index (χ1n) is 8.85. The first-order valence-corrected chi connectivity index (χ1v) is 9.23. The number of halogens is 1. The summed E-state index contributed by atoms with van der Waals surface area (Å²) >= 11 is 5.85. The van der Waals surface area contributed by atoms with Gasteiger partial charge in [-0.25, -0.2) is 0 Å². The van der Waals surface area contributed by atoms with Crippen molar-refractivity contribution in [3.63, 3.8) is 0 Å². The Morgan fingerprint density at radius 2 is 1.67 bits per heavy atom. The molecule has 27 heavy (non-hydrogen) atoms. The van der Waals surface area contributed by atoms with Gasteiger partial charge in [0.1, 0.15) is 5.82 Å². The summed E-state index contributed by atoms with van der Waals surface area (Å²) in [7, 11) is 0. The zero-order chi connectivity index (χ0) is 18.9. The number of rotatable bonds is 8. The molecule has 1 heterocycles. The largest absolute Gasteiger partial charge is 0.369 e. The second-order valence-electron chi connectivity index (χ2n) is 6.13. The lowest BCUT2D eigenvalue weighted by Gasteiger charge is -2.07. The predicted octanol–water partition coefficient (Wildman–Crippen LogP) is 4.10. The van der Waals surface area contributed by atoms with E-state index in [1.807, 2.05) is 30.3 Å². The van der Waals surface area contributed by atoms with Gasteiger partial charge in [-0.15, -0.1) is 10.2 Å². The average molecular weight is 381 g/mol. The molecule has 0 saturated heterocycles. The van der Waals surface area contributed by atoms with Gasteiger partial charge < -0.3 is 10.6 Å². The fourth-order valence-corrected chi connectivity index (χ4v) is 2.70. The van der Waals surface area contributed by atoms with Crippen LogP contribution in [0.2, 0.25) is 5.02 Å². The lowest BCUT2D eigenvalue weighted by Crippen LogP contribution is -2.24. The molecule has 2 N–H and O–H groups in total. The molecular weight excluding hydrogens is 360 g/mol. The third-order valence-electron chi connectivity index (χ3n) is 4.05. The fourth-order valence-electron chi connectivity index (χ4n) is 2.58. The first-order chi connectivity index (χ1) is 13.2. The third kappa shape index (κ3) is 6.08. The molecule has 138 valence electrons. The van der Waals surface area contributed by atoms with E-state index < -0.39 is 0 Å². The van der Waals surface area contributed by atoms with Gasteiger partial charge in [-0.3, -0.25) is 4.79 Å². The van der Waals surface area contributed by atoms with Gasteiger partial charge in [0, 0.05) is 18.1 Å². The maximum atomic E-state index is 12.2. The number of aromatic nitrogens is 2. The minimum absolute atomic E-state index is 0.256. The van der Waals surface area contributed by atoms with Gasteiger partial charge in [0.25, 0.3) is 5.91 Å². The Morgan fingerprint density at radius 1 is 0.889 bits per heavy atom. The molecule has 5 nitrogen and oxygen atoms in total. The molecule has 0 radical (unpaired) electrons. The topological polar surface area (TPSA) is 66.9 Å². The summed E-state index contributed by atoms with van der Waals surface area (Å²) in [6, 6.07) is 21.1. The number of hydrogen-bond donors (Lipinski definition) is 2. The number of amides is 1. The third-order valence-corrected chi connectivity index (χ3v) is 4.31. The first kappa shape index (κ1) is 18.9. The molecule has 0 spiro atoms. The number of aryl methyl sites for hydroxylation is 1. The number of nitrogens with zero attached hydrogens (tertiary/aromatic N) is 2. The molecule has 0 aliphatic heterocycles. The van der Waals surface area contributed by atoms with Crippen LogP contribution in [-0.4, -0.2) is 22.6 Å². The number of carbonyl (C=O) groups is 1. The van der Waals surface area contributed by atoms with Crippen molar-refractivity contribution in [3.05, 3.63) is 88.6 Å². The van der Waals surface area contributed by atoms with Crippen molar-refractivity contribution in [1.82, 2.24) is 15.5 Å². The summed E-state index contributed by atoms with van der Waals surface area (Å²) in [5.41, 5.74) is 2.58. The standard InChI is InChI=1S/C21H21ClN4O/c22-18-10-8-17(9-11-18)15-24-21(27)19-12-13-20(26-25-19)23-14-4-7-16-5-2-1-3-6-16/h1-3,5-6,8-13H,4,7,14-15H2,(H,23,26)(H,24,27). The van der Waals surface area contributed by atoms with Gasteiger partial charge in [-0.1, -0.05) is 54.1 Å². The molecule has 0 unspecified atom stereocenters. The molecule has 0 atom stereocenters. The van der Waals surface area contributed by atoms with Gasteiger partial charge in [0.15, 0.2) is 5.69 Å². The number of hydrogen-bond acceptors (Lipinski definition) is 4. The van der Waals surface area contributed by atoms with E-state index in [9.17, 15) is 4.79 Å². The summed E-state index contributed by atoms with van der Waals surface area (Å²) in [4.78, 5) is 12.2. The van der Waals surface area contributed by atoms with E-state index in [0.717, 1.165) is 24.9 Å². The lowest BCUT2D eigenvalue weighted by atomic mass is 10.1. The van der Waals surface area contributed by atoms with E-state index >= 15 is 0 Å². The summed E-state index contributed by atoms with van der Waals surface area (Å²) in [5.74, 6) is 0.408. The van der Waals surface area contributed by atoms with Gasteiger partial charge in [-0.2, -0.15) is 0 Å². The van der Waals surface area contributed by atoms with Crippen LogP contribution in [0, 0.1) is 0 Å². The summed E-state index contributed by atoms with van der Waals surface area (Å²) in [5, 5.41) is 14.8. The van der Waals surface area contributed by atoms with Crippen molar-refractivity contribution in [3.8, 4) is 0 Å². The Kier molecular flexibility index (Phi) is 6.77. The average Bonchev–Trinajstić information content (AvgIpc) is 2.72. The monoisotopic (exact) mass is 380 g/mol. The second kappa shape index (κ2) is 9.69. The Morgan fingerprint density at radius 3 is 2.37 bits per heavy atom. The van der Waals surface area contributed by atoms with E-state index in [2.05, 4.69) is 33.0 Å². The zero-order valence-electron chi connectivity index (χ0n) is 14.9. The van der Waals surface area contributed by atoms with Crippen molar-refractivity contribution in [2.24, 2.45) is 0 Å². The molecule has 0 saturated carbocycles. The molecule has 3 rings (SSSR count). The molecule has 1 amide bonds. The quantitative estimate of drug-likeness (QED) is 0.577. The Balaban J connectivity index is 1.42. The summed E-state index contributed by atoms with van der Waals surface area (Å²) < 4.78 is 0. The SMILES string of the molecule is O=C(NCc1ccc(Cl)cc1)c1ccc(NCCCc2ccccc2)nn1. The van der Waals surface area contributed by atoms with Gasteiger partial charge in [-0.05, 0) is 48.2 Å². The van der Waals surface area contributed by atoms with E-state index in [1.165, 1.54) is 5.56 Å². The van der Waals surface area contributed by atoms with E-state index in [1.54, 1.807) is 24.3 Å². The number of nitrogens with one attached hydrogen (secondary N) is 2. The minimum atomic E-state index is -0.256. The highest BCUT2D eigenvalue weighted by Crippen LogP contribution is 2.09. The normalized spacial score (nSPS) is 10.4. The molecule has 0 aliphatic rings. The van der Waals surface area contributed by atoms with Crippen molar-refractivity contribution in [2.45, 2.75) is 19.4 Å². The van der Waals surface area contributed by atoms with E-state index in [-0.39, 0.29) is 5.91 Å². The summed E-state index contributed by atoms with van der Waals surface area (Å²) in [6.07, 6.45) is 2.00. The van der Waals surface area contributed by atoms with E-state index in [0.29, 0.717) is 23.1 Å². The van der Waals surface area contributed by atoms with Crippen LogP contribution in [-0.2, 0) is 13.0 Å². The Hall–Kier alpha value is -2.92. The molecule has 0 aliphatic carbocycles. The molecule has 0 bridgehead atoms. The fraction of sp³-hybridized carbons (Fsp3) is 0.190. The number of carbonyl (C=O) groups excluding carboxylic acids is 1.